The predicted molar refractivity (Wildman–Crippen MR) is 80.4 cm³/mol. The van der Waals surface area contributed by atoms with Crippen LogP contribution in [0.4, 0.5) is 11.4 Å². The fourth-order valence-electron chi connectivity index (χ4n) is 1.74. The number of rotatable bonds is 7. The highest BCUT2D eigenvalue weighted by molar-refractivity contribution is 5.93. The van der Waals surface area contributed by atoms with Crippen LogP contribution in [0.1, 0.15) is 13.3 Å². The molecule has 0 aliphatic carbocycles. The minimum absolute atomic E-state index is 0.169. The standard InChI is InChI=1S/C14H21N3O4/c1-9(18)16-12-5-4-10(6-13(12)21-3)17-14(19)7-11(8-15)20-2/h4-6,11H,7-8,15H2,1-3H3,(H,16,18)(H,17,19). The average molecular weight is 295 g/mol. The van der Waals surface area contributed by atoms with E-state index in [4.69, 9.17) is 15.2 Å². The number of hydrogen-bond donors (Lipinski definition) is 3. The van der Waals surface area contributed by atoms with Crippen LogP contribution in [0.2, 0.25) is 0 Å². The molecule has 2 amide bonds. The maximum absolute atomic E-state index is 11.8. The average Bonchev–Trinajstić information content (AvgIpc) is 2.45. The van der Waals surface area contributed by atoms with E-state index in [2.05, 4.69) is 10.6 Å². The molecule has 0 radical (unpaired) electrons. The van der Waals surface area contributed by atoms with Gasteiger partial charge in [-0.3, -0.25) is 9.59 Å². The minimum Gasteiger partial charge on any atom is -0.494 e. The summed E-state index contributed by atoms with van der Waals surface area (Å²) in [5.74, 6) is 0.0581. The predicted octanol–water partition coefficient (Wildman–Crippen LogP) is 0.956. The van der Waals surface area contributed by atoms with E-state index in [1.165, 1.54) is 21.1 Å². The van der Waals surface area contributed by atoms with Crippen molar-refractivity contribution in [2.75, 3.05) is 31.4 Å². The van der Waals surface area contributed by atoms with E-state index in [-0.39, 0.29) is 30.9 Å². The second-order valence-electron chi connectivity index (χ2n) is 4.44. The van der Waals surface area contributed by atoms with Crippen LogP contribution >= 0.6 is 0 Å². The Morgan fingerprint density at radius 1 is 1.29 bits per heavy atom. The molecule has 0 spiro atoms. The number of methoxy groups -OCH3 is 2. The Hall–Kier alpha value is -2.12. The molecular formula is C14H21N3O4. The van der Waals surface area contributed by atoms with Gasteiger partial charge in [0.2, 0.25) is 11.8 Å². The summed E-state index contributed by atoms with van der Waals surface area (Å²) in [6.45, 7) is 1.68. The van der Waals surface area contributed by atoms with Gasteiger partial charge in [-0.1, -0.05) is 0 Å². The molecule has 0 heterocycles. The molecule has 116 valence electrons. The Morgan fingerprint density at radius 2 is 2.00 bits per heavy atom. The zero-order chi connectivity index (χ0) is 15.8. The first-order valence-electron chi connectivity index (χ1n) is 6.48. The molecular weight excluding hydrogens is 274 g/mol. The number of amides is 2. The number of benzene rings is 1. The van der Waals surface area contributed by atoms with E-state index in [0.717, 1.165) is 0 Å². The summed E-state index contributed by atoms with van der Waals surface area (Å²) < 4.78 is 10.2. The molecule has 4 N–H and O–H groups in total. The molecule has 0 saturated carbocycles. The number of ether oxygens (including phenoxy) is 2. The Kier molecular flexibility index (Phi) is 6.64. The first kappa shape index (κ1) is 16.9. The quantitative estimate of drug-likeness (QED) is 0.695. The Bertz CT molecular complexity index is 501. The molecule has 0 saturated heterocycles. The summed E-state index contributed by atoms with van der Waals surface area (Å²) in [5.41, 5.74) is 6.58. The van der Waals surface area contributed by atoms with Gasteiger partial charge >= 0.3 is 0 Å². The van der Waals surface area contributed by atoms with Crippen LogP contribution in [-0.4, -0.2) is 38.7 Å². The maximum Gasteiger partial charge on any atom is 0.227 e. The normalized spacial score (nSPS) is 11.6. The van der Waals surface area contributed by atoms with Crippen molar-refractivity contribution in [3.05, 3.63) is 18.2 Å². The maximum atomic E-state index is 11.8. The number of carbonyl (C=O) groups excluding carboxylic acids is 2. The number of nitrogens with one attached hydrogen (secondary N) is 2. The van der Waals surface area contributed by atoms with Gasteiger partial charge in [-0.25, -0.2) is 0 Å². The van der Waals surface area contributed by atoms with Crippen molar-refractivity contribution in [1.82, 2.24) is 0 Å². The molecule has 1 unspecified atom stereocenters. The van der Waals surface area contributed by atoms with Crippen LogP contribution in [0.3, 0.4) is 0 Å². The van der Waals surface area contributed by atoms with Crippen molar-refractivity contribution in [2.24, 2.45) is 5.73 Å². The van der Waals surface area contributed by atoms with Gasteiger partial charge in [0.25, 0.3) is 0 Å². The van der Waals surface area contributed by atoms with E-state index in [9.17, 15) is 9.59 Å². The lowest BCUT2D eigenvalue weighted by atomic mass is 10.2. The topological polar surface area (TPSA) is 103 Å². The lowest BCUT2D eigenvalue weighted by molar-refractivity contribution is -0.118. The number of hydrogen-bond acceptors (Lipinski definition) is 5. The van der Waals surface area contributed by atoms with E-state index < -0.39 is 0 Å². The second-order valence-corrected chi connectivity index (χ2v) is 4.44. The van der Waals surface area contributed by atoms with Crippen molar-refractivity contribution in [2.45, 2.75) is 19.4 Å². The zero-order valence-electron chi connectivity index (χ0n) is 12.4. The van der Waals surface area contributed by atoms with Crippen molar-refractivity contribution in [3.8, 4) is 5.75 Å². The highest BCUT2D eigenvalue weighted by Gasteiger charge is 2.13. The van der Waals surface area contributed by atoms with Gasteiger partial charge in [-0.2, -0.15) is 0 Å². The SMILES string of the molecule is COc1cc(NC(=O)CC(CN)OC)ccc1NC(C)=O. The fourth-order valence-corrected chi connectivity index (χ4v) is 1.74. The molecule has 7 heteroatoms. The molecule has 0 aliphatic heterocycles. The highest BCUT2D eigenvalue weighted by Crippen LogP contribution is 2.28. The van der Waals surface area contributed by atoms with Gasteiger partial charge < -0.3 is 25.8 Å². The van der Waals surface area contributed by atoms with Gasteiger partial charge in [-0.15, -0.1) is 0 Å². The summed E-state index contributed by atoms with van der Waals surface area (Å²) >= 11 is 0. The van der Waals surface area contributed by atoms with Gasteiger partial charge in [0.15, 0.2) is 0 Å². The molecule has 1 atom stereocenters. The molecule has 0 aromatic heterocycles. The van der Waals surface area contributed by atoms with Crippen molar-refractivity contribution >= 4 is 23.2 Å². The van der Waals surface area contributed by atoms with Crippen LogP contribution in [0.25, 0.3) is 0 Å². The summed E-state index contributed by atoms with van der Waals surface area (Å²) in [6, 6.07) is 4.97. The Morgan fingerprint density at radius 3 is 2.52 bits per heavy atom. The Labute approximate surface area is 123 Å². The van der Waals surface area contributed by atoms with Crippen LogP contribution in [-0.2, 0) is 14.3 Å². The van der Waals surface area contributed by atoms with Crippen molar-refractivity contribution in [3.63, 3.8) is 0 Å². The fraction of sp³-hybridized carbons (Fsp3) is 0.429. The van der Waals surface area contributed by atoms with Gasteiger partial charge in [0.05, 0.1) is 25.3 Å². The van der Waals surface area contributed by atoms with E-state index in [1.807, 2.05) is 0 Å². The lowest BCUT2D eigenvalue weighted by Crippen LogP contribution is -2.28. The smallest absolute Gasteiger partial charge is 0.227 e. The third-order valence-electron chi connectivity index (χ3n) is 2.81. The zero-order valence-corrected chi connectivity index (χ0v) is 12.4. The minimum atomic E-state index is -0.314. The first-order valence-corrected chi connectivity index (χ1v) is 6.48. The second kappa shape index (κ2) is 8.23. The van der Waals surface area contributed by atoms with Crippen LogP contribution in [0.5, 0.6) is 5.75 Å². The molecule has 0 aliphatic rings. The largest absolute Gasteiger partial charge is 0.494 e. The first-order chi connectivity index (χ1) is 9.99. The Balaban J connectivity index is 2.76. The monoisotopic (exact) mass is 295 g/mol. The van der Waals surface area contributed by atoms with Gasteiger partial charge in [0, 0.05) is 32.3 Å². The lowest BCUT2D eigenvalue weighted by Gasteiger charge is -2.14. The number of nitrogens with two attached hydrogens (primary N) is 1. The van der Waals surface area contributed by atoms with Gasteiger partial charge in [-0.05, 0) is 12.1 Å². The van der Waals surface area contributed by atoms with E-state index in [1.54, 1.807) is 18.2 Å². The molecule has 1 aromatic carbocycles. The molecule has 21 heavy (non-hydrogen) atoms. The van der Waals surface area contributed by atoms with Crippen molar-refractivity contribution < 1.29 is 19.1 Å². The van der Waals surface area contributed by atoms with Crippen molar-refractivity contribution in [1.29, 1.82) is 0 Å². The third kappa shape index (κ3) is 5.41. The third-order valence-corrected chi connectivity index (χ3v) is 2.81. The summed E-state index contributed by atoms with van der Waals surface area (Å²) in [7, 11) is 3.00. The van der Waals surface area contributed by atoms with E-state index >= 15 is 0 Å². The van der Waals surface area contributed by atoms with Crippen LogP contribution in [0, 0.1) is 0 Å². The summed E-state index contributed by atoms with van der Waals surface area (Å²) in [4.78, 5) is 22.9. The molecule has 1 aromatic rings. The number of carbonyl (C=O) groups is 2. The van der Waals surface area contributed by atoms with Gasteiger partial charge in [0.1, 0.15) is 5.75 Å². The summed E-state index contributed by atoms with van der Waals surface area (Å²) in [6.07, 6.45) is -0.145. The molecule has 1 rings (SSSR count). The molecule has 7 nitrogen and oxygen atoms in total. The van der Waals surface area contributed by atoms with Crippen LogP contribution in [0.15, 0.2) is 18.2 Å². The van der Waals surface area contributed by atoms with Crippen LogP contribution < -0.4 is 21.1 Å². The highest BCUT2D eigenvalue weighted by atomic mass is 16.5. The number of anilines is 2. The molecule has 0 bridgehead atoms. The molecule has 0 fully saturated rings. The summed E-state index contributed by atoms with van der Waals surface area (Å²) in [5, 5.41) is 5.37. The van der Waals surface area contributed by atoms with E-state index in [0.29, 0.717) is 17.1 Å².